The number of nitro benzene ring substituents is 1. The van der Waals surface area contributed by atoms with Crippen LogP contribution in [-0.2, 0) is 4.74 Å². The molecule has 1 aromatic rings. The molecule has 1 fully saturated rings. The molecule has 0 unspecified atom stereocenters. The average Bonchev–Trinajstić information content (AvgIpc) is 2.45. The predicted molar refractivity (Wildman–Crippen MR) is 70.7 cm³/mol. The second kappa shape index (κ2) is 6.35. The molecule has 0 aliphatic carbocycles. The summed E-state index contributed by atoms with van der Waals surface area (Å²) in [6, 6.07) is 5.01. The van der Waals surface area contributed by atoms with Crippen LogP contribution in [0.15, 0.2) is 18.2 Å². The van der Waals surface area contributed by atoms with E-state index in [0.717, 1.165) is 31.9 Å². The Morgan fingerprint density at radius 1 is 1.42 bits per heavy atom. The van der Waals surface area contributed by atoms with Gasteiger partial charge in [-0.05, 0) is 12.1 Å². The number of hydrogen-bond donors (Lipinski definition) is 1. The number of benzene rings is 1. The van der Waals surface area contributed by atoms with E-state index in [9.17, 15) is 10.1 Å². The van der Waals surface area contributed by atoms with Crippen molar-refractivity contribution in [2.45, 2.75) is 0 Å². The van der Waals surface area contributed by atoms with Gasteiger partial charge >= 0.3 is 5.69 Å². The Morgan fingerprint density at radius 2 is 2.16 bits per heavy atom. The Bertz CT molecular complexity index is 447. The fourth-order valence-corrected chi connectivity index (χ4v) is 2.01. The topological polar surface area (TPSA) is 76.9 Å². The fourth-order valence-electron chi connectivity index (χ4n) is 2.01. The first kappa shape index (κ1) is 13.6. The maximum Gasteiger partial charge on any atom is 0.313 e. The second-order valence-corrected chi connectivity index (χ2v) is 4.20. The summed E-state index contributed by atoms with van der Waals surface area (Å²) >= 11 is 0. The number of nitro groups is 1. The van der Waals surface area contributed by atoms with Crippen molar-refractivity contribution in [2.24, 2.45) is 0 Å². The molecule has 104 valence electrons. The standard InChI is InChI=1S/C12H17N3O4/c1-18-9-19-12-3-2-10(8-11(12)15(16)17)14-6-4-13-5-7-14/h2-3,8,13H,4-7,9H2,1H3. The van der Waals surface area contributed by atoms with Gasteiger partial charge in [-0.15, -0.1) is 0 Å². The van der Waals surface area contributed by atoms with E-state index in [-0.39, 0.29) is 18.2 Å². The number of nitrogens with one attached hydrogen (secondary N) is 1. The molecule has 1 aliphatic heterocycles. The van der Waals surface area contributed by atoms with Crippen molar-refractivity contribution in [1.82, 2.24) is 5.32 Å². The predicted octanol–water partition coefficient (Wildman–Crippen LogP) is 0.987. The zero-order chi connectivity index (χ0) is 13.7. The largest absolute Gasteiger partial charge is 0.460 e. The molecule has 1 aliphatic rings. The lowest BCUT2D eigenvalue weighted by Gasteiger charge is -2.29. The SMILES string of the molecule is COCOc1ccc(N2CCNCC2)cc1[N+](=O)[O-]. The van der Waals surface area contributed by atoms with E-state index < -0.39 is 4.92 Å². The first-order valence-corrected chi connectivity index (χ1v) is 6.08. The zero-order valence-electron chi connectivity index (χ0n) is 10.8. The molecule has 7 nitrogen and oxygen atoms in total. The molecule has 0 spiro atoms. The van der Waals surface area contributed by atoms with E-state index in [2.05, 4.69) is 10.2 Å². The summed E-state index contributed by atoms with van der Waals surface area (Å²) < 4.78 is 9.96. The number of piperazine rings is 1. The molecule has 0 amide bonds. The van der Waals surface area contributed by atoms with Crippen LogP contribution >= 0.6 is 0 Å². The van der Waals surface area contributed by atoms with Gasteiger partial charge in [-0.2, -0.15) is 0 Å². The number of ether oxygens (including phenoxy) is 2. The van der Waals surface area contributed by atoms with Gasteiger partial charge in [-0.25, -0.2) is 0 Å². The molecule has 0 radical (unpaired) electrons. The Kier molecular flexibility index (Phi) is 4.53. The highest BCUT2D eigenvalue weighted by Crippen LogP contribution is 2.31. The van der Waals surface area contributed by atoms with Crippen molar-refractivity contribution in [3.8, 4) is 5.75 Å². The first-order chi connectivity index (χ1) is 9.22. The lowest BCUT2D eigenvalue weighted by molar-refractivity contribution is -0.386. The monoisotopic (exact) mass is 267 g/mol. The molecule has 19 heavy (non-hydrogen) atoms. The number of rotatable bonds is 5. The van der Waals surface area contributed by atoms with Crippen LogP contribution in [-0.4, -0.2) is 45.0 Å². The lowest BCUT2D eigenvalue weighted by Crippen LogP contribution is -2.43. The van der Waals surface area contributed by atoms with E-state index in [1.54, 1.807) is 12.1 Å². The summed E-state index contributed by atoms with van der Waals surface area (Å²) in [6.07, 6.45) is 0. The molecular formula is C12H17N3O4. The van der Waals surface area contributed by atoms with Gasteiger partial charge in [0.05, 0.1) is 4.92 Å². The zero-order valence-corrected chi connectivity index (χ0v) is 10.8. The van der Waals surface area contributed by atoms with Crippen LogP contribution in [0.5, 0.6) is 5.75 Å². The number of hydrogen-bond acceptors (Lipinski definition) is 6. The van der Waals surface area contributed by atoms with Gasteiger partial charge in [-0.3, -0.25) is 10.1 Å². The quantitative estimate of drug-likeness (QED) is 0.487. The summed E-state index contributed by atoms with van der Waals surface area (Å²) in [4.78, 5) is 12.8. The fraction of sp³-hybridized carbons (Fsp3) is 0.500. The Balaban J connectivity index is 2.22. The van der Waals surface area contributed by atoms with Crippen molar-refractivity contribution in [1.29, 1.82) is 0 Å². The first-order valence-electron chi connectivity index (χ1n) is 6.08. The molecule has 2 rings (SSSR count). The highest BCUT2D eigenvalue weighted by Gasteiger charge is 2.19. The van der Waals surface area contributed by atoms with Crippen molar-refractivity contribution in [3.05, 3.63) is 28.3 Å². The van der Waals surface area contributed by atoms with E-state index in [1.165, 1.54) is 7.11 Å². The van der Waals surface area contributed by atoms with Gasteiger partial charge in [-0.1, -0.05) is 0 Å². The smallest absolute Gasteiger partial charge is 0.313 e. The normalized spacial score (nSPS) is 15.3. The molecule has 0 aromatic heterocycles. The third kappa shape index (κ3) is 3.33. The van der Waals surface area contributed by atoms with Crippen LogP contribution in [0, 0.1) is 10.1 Å². The van der Waals surface area contributed by atoms with Crippen LogP contribution in [0.3, 0.4) is 0 Å². The minimum Gasteiger partial charge on any atom is -0.460 e. The number of nitrogens with zero attached hydrogens (tertiary/aromatic N) is 2. The molecule has 7 heteroatoms. The van der Waals surface area contributed by atoms with Crippen LogP contribution in [0.2, 0.25) is 0 Å². The summed E-state index contributed by atoms with van der Waals surface area (Å²) in [5, 5.41) is 14.3. The molecule has 1 N–H and O–H groups in total. The Hall–Kier alpha value is -1.86. The molecule has 0 atom stereocenters. The molecule has 0 saturated carbocycles. The minimum atomic E-state index is -0.434. The van der Waals surface area contributed by atoms with Crippen molar-refractivity contribution in [3.63, 3.8) is 0 Å². The van der Waals surface area contributed by atoms with Crippen LogP contribution in [0.1, 0.15) is 0 Å². The summed E-state index contributed by atoms with van der Waals surface area (Å²) in [5.74, 6) is 0.228. The van der Waals surface area contributed by atoms with Crippen molar-refractivity contribution >= 4 is 11.4 Å². The van der Waals surface area contributed by atoms with E-state index in [1.807, 2.05) is 6.07 Å². The molecule has 1 heterocycles. The molecular weight excluding hydrogens is 250 g/mol. The van der Waals surface area contributed by atoms with Gasteiger partial charge in [0.25, 0.3) is 0 Å². The highest BCUT2D eigenvalue weighted by atomic mass is 16.7. The van der Waals surface area contributed by atoms with E-state index >= 15 is 0 Å². The third-order valence-corrected chi connectivity index (χ3v) is 2.95. The molecule has 1 saturated heterocycles. The molecule has 0 bridgehead atoms. The Morgan fingerprint density at radius 3 is 2.79 bits per heavy atom. The van der Waals surface area contributed by atoms with Gasteiger partial charge in [0.15, 0.2) is 12.5 Å². The molecule has 1 aromatic carbocycles. The third-order valence-electron chi connectivity index (χ3n) is 2.95. The average molecular weight is 267 g/mol. The van der Waals surface area contributed by atoms with E-state index in [0.29, 0.717) is 0 Å². The summed E-state index contributed by atoms with van der Waals surface area (Å²) in [6.45, 7) is 3.45. The van der Waals surface area contributed by atoms with Crippen LogP contribution < -0.4 is 15.0 Å². The van der Waals surface area contributed by atoms with Crippen molar-refractivity contribution in [2.75, 3.05) is 45.0 Å². The van der Waals surface area contributed by atoms with Crippen LogP contribution in [0.4, 0.5) is 11.4 Å². The van der Waals surface area contributed by atoms with Gasteiger partial charge in [0.2, 0.25) is 0 Å². The second-order valence-electron chi connectivity index (χ2n) is 4.20. The highest BCUT2D eigenvalue weighted by molar-refractivity contribution is 5.60. The number of methoxy groups -OCH3 is 1. The Labute approximate surface area is 111 Å². The van der Waals surface area contributed by atoms with E-state index in [4.69, 9.17) is 9.47 Å². The summed E-state index contributed by atoms with van der Waals surface area (Å²) in [5.41, 5.74) is 0.811. The van der Waals surface area contributed by atoms with Gasteiger partial charge in [0, 0.05) is 45.0 Å². The summed E-state index contributed by atoms with van der Waals surface area (Å²) in [7, 11) is 1.47. The lowest BCUT2D eigenvalue weighted by atomic mass is 10.2. The maximum absolute atomic E-state index is 11.1. The van der Waals surface area contributed by atoms with Gasteiger partial charge in [0.1, 0.15) is 0 Å². The minimum absolute atomic E-state index is 0.00613. The maximum atomic E-state index is 11.1. The van der Waals surface area contributed by atoms with Gasteiger partial charge < -0.3 is 19.7 Å². The van der Waals surface area contributed by atoms with Crippen LogP contribution in [0.25, 0.3) is 0 Å². The van der Waals surface area contributed by atoms with Crippen molar-refractivity contribution < 1.29 is 14.4 Å². The number of anilines is 1.